The first-order chi connectivity index (χ1) is 20.7. The van der Waals surface area contributed by atoms with E-state index in [1.807, 2.05) is 49.4 Å². The van der Waals surface area contributed by atoms with Gasteiger partial charge in [-0.05, 0) is 60.5 Å². The molecule has 0 saturated carbocycles. The smallest absolute Gasteiger partial charge is 0.264 e. The molecule has 0 spiro atoms. The summed E-state index contributed by atoms with van der Waals surface area (Å²) in [7, 11) is -2.60. The molecule has 43 heavy (non-hydrogen) atoms. The van der Waals surface area contributed by atoms with Gasteiger partial charge in [-0.15, -0.1) is 0 Å². The van der Waals surface area contributed by atoms with Crippen LogP contribution in [0.3, 0.4) is 0 Å². The zero-order valence-corrected chi connectivity index (χ0v) is 26.4. The lowest BCUT2D eigenvalue weighted by Crippen LogP contribution is -2.53. The van der Waals surface area contributed by atoms with Gasteiger partial charge in [-0.1, -0.05) is 82.7 Å². The summed E-state index contributed by atoms with van der Waals surface area (Å²) < 4.78 is 35.1. The lowest BCUT2D eigenvalue weighted by molar-refractivity contribution is -0.140. The van der Waals surface area contributed by atoms with Crippen molar-refractivity contribution in [2.45, 2.75) is 30.8 Å². The van der Waals surface area contributed by atoms with E-state index < -0.39 is 28.5 Å². The van der Waals surface area contributed by atoms with Gasteiger partial charge in [-0.3, -0.25) is 13.9 Å². The van der Waals surface area contributed by atoms with Gasteiger partial charge in [-0.25, -0.2) is 8.42 Å². The van der Waals surface area contributed by atoms with Crippen LogP contribution in [0.1, 0.15) is 18.1 Å². The summed E-state index contributed by atoms with van der Waals surface area (Å²) in [5.74, 6) is -0.262. The Labute approximate surface area is 261 Å². The Balaban J connectivity index is 1.80. The molecule has 0 fully saturated rings. The molecule has 0 saturated heterocycles. The molecule has 4 aromatic rings. The molecule has 0 heterocycles. The number of nitrogens with zero attached hydrogens (tertiary/aromatic N) is 2. The first-order valence-electron chi connectivity index (χ1n) is 13.8. The molecular weight excluding hydrogens is 630 g/mol. The normalized spacial score (nSPS) is 11.8. The number of nitrogens with one attached hydrogen (secondary N) is 1. The third-order valence-electron chi connectivity index (χ3n) is 6.82. The molecule has 0 bridgehead atoms. The van der Waals surface area contributed by atoms with E-state index in [4.69, 9.17) is 4.74 Å². The molecule has 2 amide bonds. The molecule has 4 aromatic carbocycles. The van der Waals surface area contributed by atoms with E-state index in [0.717, 1.165) is 15.4 Å². The summed E-state index contributed by atoms with van der Waals surface area (Å²) in [6.45, 7) is 1.72. The van der Waals surface area contributed by atoms with Crippen LogP contribution in [-0.2, 0) is 32.6 Å². The second-order valence-electron chi connectivity index (χ2n) is 9.78. The van der Waals surface area contributed by atoms with Crippen LogP contribution in [-0.4, -0.2) is 51.4 Å². The van der Waals surface area contributed by atoms with Crippen molar-refractivity contribution >= 4 is 43.5 Å². The summed E-state index contributed by atoms with van der Waals surface area (Å²) in [5.41, 5.74) is 1.91. The van der Waals surface area contributed by atoms with Crippen molar-refractivity contribution in [3.05, 3.63) is 125 Å². The van der Waals surface area contributed by atoms with Crippen LogP contribution in [0.5, 0.6) is 5.75 Å². The first kappa shape index (κ1) is 31.8. The molecule has 0 radical (unpaired) electrons. The van der Waals surface area contributed by atoms with E-state index >= 15 is 0 Å². The number of hydrogen-bond acceptors (Lipinski definition) is 5. The van der Waals surface area contributed by atoms with Gasteiger partial charge in [0.25, 0.3) is 10.0 Å². The Hall–Kier alpha value is -4.15. The molecule has 224 valence electrons. The summed E-state index contributed by atoms with van der Waals surface area (Å²) in [4.78, 5) is 29.4. The van der Waals surface area contributed by atoms with Gasteiger partial charge in [0.15, 0.2) is 0 Å². The van der Waals surface area contributed by atoms with Gasteiger partial charge in [0, 0.05) is 24.0 Å². The number of ether oxygens (including phenoxy) is 1. The SMILES string of the molecule is CCNC(=O)C(Cc1ccccc1)N(Cc1cccc(OC)c1)C(=O)CN(c1cccc(Br)c1)S(=O)(=O)c1ccccc1. The fraction of sp³-hybridized carbons (Fsp3) is 0.212. The van der Waals surface area contributed by atoms with Crippen LogP contribution >= 0.6 is 15.9 Å². The number of methoxy groups -OCH3 is 1. The fourth-order valence-corrected chi connectivity index (χ4v) is 6.51. The van der Waals surface area contributed by atoms with Crippen LogP contribution in [0, 0.1) is 0 Å². The highest BCUT2D eigenvalue weighted by atomic mass is 79.9. The standard InChI is InChI=1S/C33H34BrN3O5S/c1-3-35-33(39)31(21-25-12-6-4-7-13-25)36(23-26-14-10-17-29(20-26)42-2)32(38)24-37(28-16-11-15-27(34)22-28)43(40,41)30-18-8-5-9-19-30/h4-20,22,31H,3,21,23-24H2,1-2H3,(H,35,39). The van der Waals surface area contributed by atoms with Crippen LogP contribution in [0.2, 0.25) is 0 Å². The maximum absolute atomic E-state index is 14.4. The van der Waals surface area contributed by atoms with Crippen molar-refractivity contribution in [2.24, 2.45) is 0 Å². The number of anilines is 1. The summed E-state index contributed by atoms with van der Waals surface area (Å²) >= 11 is 3.42. The Bertz CT molecular complexity index is 1630. The second kappa shape index (κ2) is 14.8. The molecule has 1 atom stereocenters. The van der Waals surface area contributed by atoms with Crippen molar-refractivity contribution in [3.8, 4) is 5.75 Å². The maximum atomic E-state index is 14.4. The summed E-state index contributed by atoms with van der Waals surface area (Å²) in [6.07, 6.45) is 0.241. The zero-order valence-electron chi connectivity index (χ0n) is 24.0. The lowest BCUT2D eigenvalue weighted by atomic mass is 10.0. The van der Waals surface area contributed by atoms with Gasteiger partial charge in [0.05, 0.1) is 17.7 Å². The predicted molar refractivity (Wildman–Crippen MR) is 171 cm³/mol. The fourth-order valence-electron chi connectivity index (χ4n) is 4.69. The van der Waals surface area contributed by atoms with Crippen LogP contribution in [0.25, 0.3) is 0 Å². The zero-order chi connectivity index (χ0) is 30.8. The number of sulfonamides is 1. The number of halogens is 1. The number of likely N-dealkylation sites (N-methyl/N-ethyl adjacent to an activating group) is 1. The Kier molecular flexibility index (Phi) is 11.0. The molecule has 4 rings (SSSR count). The molecule has 0 aliphatic carbocycles. The van der Waals surface area contributed by atoms with Gasteiger partial charge >= 0.3 is 0 Å². The molecule has 10 heteroatoms. The molecule has 8 nitrogen and oxygen atoms in total. The highest BCUT2D eigenvalue weighted by Crippen LogP contribution is 2.27. The monoisotopic (exact) mass is 663 g/mol. The van der Waals surface area contributed by atoms with Crippen LogP contribution < -0.4 is 14.4 Å². The highest BCUT2D eigenvalue weighted by Gasteiger charge is 2.34. The number of carbonyl (C=O) groups is 2. The second-order valence-corrected chi connectivity index (χ2v) is 12.6. The predicted octanol–water partition coefficient (Wildman–Crippen LogP) is 5.43. The average molecular weight is 665 g/mol. The van der Waals surface area contributed by atoms with E-state index in [0.29, 0.717) is 22.5 Å². The van der Waals surface area contributed by atoms with E-state index in [1.54, 1.807) is 61.7 Å². The summed E-state index contributed by atoms with van der Waals surface area (Å²) in [5, 5.41) is 2.86. The Morgan fingerprint density at radius 2 is 1.51 bits per heavy atom. The van der Waals surface area contributed by atoms with Gasteiger partial charge in [0.2, 0.25) is 11.8 Å². The maximum Gasteiger partial charge on any atom is 0.264 e. The van der Waals surface area contributed by atoms with Crippen LogP contribution in [0.4, 0.5) is 5.69 Å². The molecule has 1 unspecified atom stereocenters. The van der Waals surface area contributed by atoms with Crippen molar-refractivity contribution in [1.82, 2.24) is 10.2 Å². The Morgan fingerprint density at radius 1 is 0.860 bits per heavy atom. The molecule has 0 aliphatic heterocycles. The molecular formula is C33H34BrN3O5S. The third kappa shape index (κ3) is 8.24. The molecule has 1 N–H and O–H groups in total. The number of benzene rings is 4. The molecule has 0 aliphatic rings. The minimum absolute atomic E-state index is 0.0479. The number of hydrogen-bond donors (Lipinski definition) is 1. The minimum Gasteiger partial charge on any atom is -0.497 e. The third-order valence-corrected chi connectivity index (χ3v) is 9.10. The van der Waals surface area contributed by atoms with Crippen molar-refractivity contribution in [1.29, 1.82) is 0 Å². The van der Waals surface area contributed by atoms with Gasteiger partial charge < -0.3 is 15.0 Å². The Morgan fingerprint density at radius 3 is 2.16 bits per heavy atom. The van der Waals surface area contributed by atoms with Crippen molar-refractivity contribution in [3.63, 3.8) is 0 Å². The number of amides is 2. The number of carbonyl (C=O) groups excluding carboxylic acids is 2. The van der Waals surface area contributed by atoms with Gasteiger partial charge in [-0.2, -0.15) is 0 Å². The van der Waals surface area contributed by atoms with E-state index in [2.05, 4.69) is 21.2 Å². The van der Waals surface area contributed by atoms with E-state index in [9.17, 15) is 18.0 Å². The average Bonchev–Trinajstić information content (AvgIpc) is 3.02. The van der Waals surface area contributed by atoms with Crippen molar-refractivity contribution in [2.75, 3.05) is 24.5 Å². The van der Waals surface area contributed by atoms with Crippen molar-refractivity contribution < 1.29 is 22.7 Å². The minimum atomic E-state index is -4.15. The molecule has 0 aromatic heterocycles. The first-order valence-corrected chi connectivity index (χ1v) is 16.0. The largest absolute Gasteiger partial charge is 0.497 e. The quantitative estimate of drug-likeness (QED) is 0.206. The lowest BCUT2D eigenvalue weighted by Gasteiger charge is -2.34. The summed E-state index contributed by atoms with van der Waals surface area (Å²) in [6, 6.07) is 30.5. The van der Waals surface area contributed by atoms with E-state index in [-0.39, 0.29) is 23.8 Å². The van der Waals surface area contributed by atoms with Crippen LogP contribution in [0.15, 0.2) is 119 Å². The number of rotatable bonds is 13. The topological polar surface area (TPSA) is 96.0 Å². The van der Waals surface area contributed by atoms with E-state index in [1.165, 1.54) is 17.0 Å². The highest BCUT2D eigenvalue weighted by molar-refractivity contribution is 9.10. The van der Waals surface area contributed by atoms with Gasteiger partial charge in [0.1, 0.15) is 18.3 Å².